The van der Waals surface area contributed by atoms with Crippen molar-refractivity contribution in [1.29, 1.82) is 0 Å². The molecular weight excluding hydrogens is 926 g/mol. The Labute approximate surface area is 416 Å². The highest BCUT2D eigenvalue weighted by Crippen LogP contribution is 2.44. The van der Waals surface area contributed by atoms with Crippen LogP contribution in [0.5, 0.6) is 0 Å². The van der Waals surface area contributed by atoms with Gasteiger partial charge in [0.25, 0.3) is 11.5 Å². The third kappa shape index (κ3) is 9.21. The number of pyridine rings is 2. The van der Waals surface area contributed by atoms with Gasteiger partial charge in [0.2, 0.25) is 17.7 Å². The van der Waals surface area contributed by atoms with Gasteiger partial charge in [-0.05, 0) is 119 Å². The Kier molecular flexibility index (Phi) is 13.4. The highest BCUT2D eigenvalue weighted by atomic mass is 19.1. The Morgan fingerprint density at radius 3 is 2.26 bits per heavy atom. The number of aryl methyl sites for hydroxylation is 1. The van der Waals surface area contributed by atoms with E-state index in [4.69, 9.17) is 0 Å². The maximum absolute atomic E-state index is 15.9. The molecule has 0 radical (unpaired) electrons. The summed E-state index contributed by atoms with van der Waals surface area (Å²) in [5.41, 5.74) is 3.82. The number of carbonyl (C=O) groups is 4. The molecule has 5 aliphatic rings. The van der Waals surface area contributed by atoms with Crippen molar-refractivity contribution in [2.45, 2.75) is 95.8 Å². The minimum atomic E-state index is -0.802. The van der Waals surface area contributed by atoms with Gasteiger partial charge in [-0.3, -0.25) is 53.5 Å². The molecule has 2 atom stereocenters. The number of amides is 4. The van der Waals surface area contributed by atoms with Gasteiger partial charge in [0.15, 0.2) is 5.82 Å². The number of fused-ring (bicyclic) bond motifs is 2. The second-order valence-electron chi connectivity index (χ2n) is 21.1. The zero-order chi connectivity index (χ0) is 50.7. The smallest absolute Gasteiger partial charge is 0.257 e. The molecule has 3 aromatic heterocycles. The molecular formula is C54H63F3N10O5. The first-order valence-corrected chi connectivity index (χ1v) is 25.3. The first-order valence-electron chi connectivity index (χ1n) is 25.3. The van der Waals surface area contributed by atoms with Gasteiger partial charge in [0.1, 0.15) is 23.3 Å². The van der Waals surface area contributed by atoms with Crippen LogP contribution in [0.4, 0.5) is 24.5 Å². The molecule has 4 amide bonds. The zero-order valence-corrected chi connectivity index (χ0v) is 41.6. The lowest BCUT2D eigenvalue weighted by Gasteiger charge is -2.42. The number of carbonyl (C=O) groups excluding carboxylic acids is 4. The van der Waals surface area contributed by atoms with Crippen LogP contribution in [0.3, 0.4) is 0 Å². The van der Waals surface area contributed by atoms with Crippen molar-refractivity contribution in [2.75, 3.05) is 69.6 Å². The van der Waals surface area contributed by atoms with Crippen molar-refractivity contribution >= 4 is 46.0 Å². The minimum absolute atomic E-state index is 0.0330. The molecule has 2 aromatic carbocycles. The Hall–Kier alpha value is -6.37. The molecule has 15 nitrogen and oxygen atoms in total. The molecule has 1 unspecified atom stereocenters. The maximum atomic E-state index is 15.9. The topological polar surface area (TPSA) is 148 Å². The quantitative estimate of drug-likeness (QED) is 0.150. The van der Waals surface area contributed by atoms with Gasteiger partial charge in [-0.15, -0.1) is 0 Å². The predicted octanol–water partition coefficient (Wildman–Crippen LogP) is 6.05. The average Bonchev–Trinajstić information content (AvgIpc) is 3.77. The zero-order valence-electron chi connectivity index (χ0n) is 41.6. The number of benzene rings is 2. The second-order valence-corrected chi connectivity index (χ2v) is 21.1. The summed E-state index contributed by atoms with van der Waals surface area (Å²) in [5, 5.41) is 5.79. The number of rotatable bonds is 11. The van der Waals surface area contributed by atoms with E-state index < -0.39 is 34.8 Å². The van der Waals surface area contributed by atoms with Crippen LogP contribution in [0, 0.1) is 23.4 Å². The van der Waals surface area contributed by atoms with Crippen LogP contribution in [-0.4, -0.2) is 129 Å². The van der Waals surface area contributed by atoms with Crippen LogP contribution in [0.2, 0.25) is 0 Å². The number of imide groups is 1. The molecule has 5 aromatic rings. The number of piperidine rings is 3. The van der Waals surface area contributed by atoms with Crippen molar-refractivity contribution in [1.82, 2.24) is 39.0 Å². The number of likely N-dealkylation sites (tertiary alicyclic amines) is 2. The first kappa shape index (κ1) is 49.2. The van der Waals surface area contributed by atoms with E-state index in [0.29, 0.717) is 80.7 Å². The third-order valence-electron chi connectivity index (χ3n) is 16.2. The van der Waals surface area contributed by atoms with Crippen LogP contribution in [-0.2, 0) is 39.9 Å². The molecule has 0 spiro atoms. The number of nitrogens with zero attached hydrogens (tertiary/aromatic N) is 8. The van der Waals surface area contributed by atoms with Crippen LogP contribution < -0.4 is 21.1 Å². The van der Waals surface area contributed by atoms with Crippen molar-refractivity contribution in [3.05, 3.63) is 117 Å². The van der Waals surface area contributed by atoms with Gasteiger partial charge in [-0.1, -0.05) is 12.1 Å². The van der Waals surface area contributed by atoms with Crippen molar-refractivity contribution in [3.8, 4) is 5.69 Å². The van der Waals surface area contributed by atoms with Gasteiger partial charge in [0.05, 0.1) is 23.0 Å². The lowest BCUT2D eigenvalue weighted by molar-refractivity contribution is -0.136. The standard InChI is InChI=1S/C54H63F3N10O5/c1-32-27-63(28-34-6-7-45-39(22-34)54(2,3)53(72)67(45)46-8-9-47(68)60-51(46)70)20-21-65(32)29-33-11-18-64(19-12-33)52(71)36-23-40(55)49(41(56)24-36)35-13-16-62(17-14-35)30-37-25-38-44(10-15-59-50(38)61(37)5)66-31-42(57)43(58-4)26-48(66)69/h6-7,10,15,22-26,31-33,35,46,58H,8-9,11-14,16-21,27-30H2,1-5H3,(H,60,68,70)/t32-,46?/m0/s1. The largest absolute Gasteiger partial charge is 0.386 e. The number of aromatic nitrogens is 3. The van der Waals surface area contributed by atoms with E-state index in [1.165, 1.54) is 29.0 Å². The maximum Gasteiger partial charge on any atom is 0.257 e. The van der Waals surface area contributed by atoms with E-state index in [9.17, 15) is 28.4 Å². The number of hydrogen-bond acceptors (Lipinski definition) is 10. The molecule has 2 N–H and O–H groups in total. The monoisotopic (exact) mass is 988 g/mol. The van der Waals surface area contributed by atoms with Crippen molar-refractivity contribution < 1.29 is 32.3 Å². The number of halogens is 3. The van der Waals surface area contributed by atoms with E-state index in [1.807, 2.05) is 43.7 Å². The lowest BCUT2D eigenvalue weighted by Crippen LogP contribution is -2.55. The van der Waals surface area contributed by atoms with Gasteiger partial charge in [-0.25, -0.2) is 18.2 Å². The van der Waals surface area contributed by atoms with Crippen LogP contribution in [0.1, 0.15) is 98.0 Å². The SMILES string of the molecule is CNc1cc(=O)n(-c2ccnc3c2cc(CN2CCC(c4c(F)cc(C(=O)N5CCC(CN6CCN(Cc7ccc8c(c7)C(C)(C)C(=O)N8C7CCC(=O)NC7=O)C[C@@H]6C)CC5)cc4F)CC2)n3C)cc1F. The molecule has 4 fully saturated rings. The summed E-state index contributed by atoms with van der Waals surface area (Å²) in [5.74, 6) is -3.11. The number of hydrogen-bond donors (Lipinski definition) is 2. The summed E-state index contributed by atoms with van der Waals surface area (Å²) >= 11 is 0. The number of anilines is 2. The molecule has 4 saturated heterocycles. The molecule has 0 aliphatic carbocycles. The fourth-order valence-electron chi connectivity index (χ4n) is 11.9. The van der Waals surface area contributed by atoms with E-state index >= 15 is 8.78 Å². The van der Waals surface area contributed by atoms with Gasteiger partial charge in [0, 0.05) is 119 Å². The molecule has 0 saturated carbocycles. The third-order valence-corrected chi connectivity index (χ3v) is 16.2. The van der Waals surface area contributed by atoms with Gasteiger partial charge >= 0.3 is 0 Å². The highest BCUT2D eigenvalue weighted by Gasteiger charge is 2.49. The molecule has 0 bridgehead atoms. The van der Waals surface area contributed by atoms with E-state index in [0.717, 1.165) is 68.1 Å². The first-order chi connectivity index (χ1) is 34.5. The molecule has 10 rings (SSSR count). The summed E-state index contributed by atoms with van der Waals surface area (Å²) in [4.78, 5) is 79.9. The number of nitrogens with one attached hydrogen (secondary N) is 2. The average molecular weight is 989 g/mol. The Balaban J connectivity index is 0.698. The molecule has 5 aliphatic heterocycles. The van der Waals surface area contributed by atoms with Crippen LogP contribution in [0.25, 0.3) is 16.7 Å². The number of piperazine rings is 1. The molecule has 380 valence electrons. The molecule has 72 heavy (non-hydrogen) atoms. The minimum Gasteiger partial charge on any atom is -0.386 e. The summed E-state index contributed by atoms with van der Waals surface area (Å²) in [6.07, 6.45) is 5.95. The van der Waals surface area contributed by atoms with E-state index in [2.05, 4.69) is 43.3 Å². The van der Waals surface area contributed by atoms with Crippen molar-refractivity contribution in [3.63, 3.8) is 0 Å². The normalized spacial score (nSPS) is 21.7. The Morgan fingerprint density at radius 2 is 1.57 bits per heavy atom. The Bertz CT molecular complexity index is 3010. The summed E-state index contributed by atoms with van der Waals surface area (Å²) < 4.78 is 49.7. The van der Waals surface area contributed by atoms with E-state index in [1.54, 1.807) is 29.1 Å². The highest BCUT2D eigenvalue weighted by molar-refractivity contribution is 6.13. The second kappa shape index (κ2) is 19.6. The summed E-state index contributed by atoms with van der Waals surface area (Å²) in [6, 6.07) is 13.0. The van der Waals surface area contributed by atoms with Crippen molar-refractivity contribution in [2.24, 2.45) is 13.0 Å². The summed E-state index contributed by atoms with van der Waals surface area (Å²) in [7, 11) is 3.45. The molecule has 8 heterocycles. The predicted molar refractivity (Wildman–Crippen MR) is 267 cm³/mol. The molecule has 18 heteroatoms. The Morgan fingerprint density at radius 1 is 0.833 bits per heavy atom. The van der Waals surface area contributed by atoms with E-state index in [-0.39, 0.29) is 52.4 Å². The van der Waals surface area contributed by atoms with Crippen LogP contribution in [0.15, 0.2) is 65.7 Å². The van der Waals surface area contributed by atoms with Gasteiger partial charge < -0.3 is 14.8 Å². The fraction of sp³-hybridized carbons (Fsp3) is 0.481. The lowest BCUT2D eigenvalue weighted by atomic mass is 9.85. The van der Waals surface area contributed by atoms with Crippen LogP contribution >= 0.6 is 0 Å². The van der Waals surface area contributed by atoms with Gasteiger partial charge in [-0.2, -0.15) is 0 Å². The fourth-order valence-corrected chi connectivity index (χ4v) is 11.9. The summed E-state index contributed by atoms with van der Waals surface area (Å²) in [6.45, 7) is 13.1.